The minimum atomic E-state index is -1.04. The summed E-state index contributed by atoms with van der Waals surface area (Å²) < 4.78 is 0. The van der Waals surface area contributed by atoms with Crippen molar-refractivity contribution in [3.05, 3.63) is 95.7 Å². The first-order valence-corrected chi connectivity index (χ1v) is 8.68. The zero-order chi connectivity index (χ0) is 18.6. The lowest BCUT2D eigenvalue weighted by Crippen LogP contribution is -2.23. The molecule has 0 saturated heterocycles. The lowest BCUT2D eigenvalue weighted by molar-refractivity contribution is 0.270. The first-order valence-electron chi connectivity index (χ1n) is 8.68. The largest absolute Gasteiger partial charge is 0.381 e. The summed E-state index contributed by atoms with van der Waals surface area (Å²) >= 11 is 0. The van der Waals surface area contributed by atoms with Crippen molar-refractivity contribution in [2.24, 2.45) is 0 Å². The highest BCUT2D eigenvalue weighted by Crippen LogP contribution is 2.34. The van der Waals surface area contributed by atoms with Crippen LogP contribution in [0.3, 0.4) is 0 Å². The van der Waals surface area contributed by atoms with Gasteiger partial charge in [-0.2, -0.15) is 0 Å². The Morgan fingerprint density at radius 1 is 0.778 bits per heavy atom. The molecular formula is C23H18N2O2. The van der Waals surface area contributed by atoms with Crippen LogP contribution in [0.1, 0.15) is 11.1 Å². The second-order valence-electron chi connectivity index (χ2n) is 6.30. The van der Waals surface area contributed by atoms with Crippen LogP contribution >= 0.6 is 0 Å². The van der Waals surface area contributed by atoms with Crippen molar-refractivity contribution in [1.82, 2.24) is 0 Å². The highest BCUT2D eigenvalue weighted by Gasteiger charge is 2.26. The van der Waals surface area contributed by atoms with E-state index in [4.69, 9.17) is 0 Å². The SMILES string of the molecule is O=C=C1c2ccc(Nc3ccccc3)cc2C=C(Nc2ccccc2)C1O. The fourth-order valence-electron chi connectivity index (χ4n) is 3.15. The van der Waals surface area contributed by atoms with Gasteiger partial charge in [0.25, 0.3) is 0 Å². The lowest BCUT2D eigenvalue weighted by atomic mass is 9.88. The van der Waals surface area contributed by atoms with Crippen LogP contribution < -0.4 is 10.6 Å². The van der Waals surface area contributed by atoms with Gasteiger partial charge in [0, 0.05) is 17.1 Å². The number of aliphatic hydroxyl groups is 1. The topological polar surface area (TPSA) is 61.4 Å². The number of para-hydroxylation sites is 2. The minimum Gasteiger partial charge on any atom is -0.381 e. The predicted octanol–water partition coefficient (Wildman–Crippen LogP) is 4.47. The van der Waals surface area contributed by atoms with E-state index in [2.05, 4.69) is 10.6 Å². The van der Waals surface area contributed by atoms with Crippen molar-refractivity contribution in [1.29, 1.82) is 0 Å². The summed E-state index contributed by atoms with van der Waals surface area (Å²) in [6, 6.07) is 25.1. The number of fused-ring (bicyclic) bond motifs is 1. The van der Waals surface area contributed by atoms with Gasteiger partial charge in [0.05, 0.1) is 11.3 Å². The van der Waals surface area contributed by atoms with Crippen molar-refractivity contribution >= 4 is 34.7 Å². The summed E-state index contributed by atoms with van der Waals surface area (Å²) in [5, 5.41) is 17.1. The van der Waals surface area contributed by atoms with Crippen LogP contribution in [0.15, 0.2) is 84.6 Å². The molecule has 3 N–H and O–H groups in total. The van der Waals surface area contributed by atoms with Crippen LogP contribution in [-0.2, 0) is 4.79 Å². The molecule has 4 nitrogen and oxygen atoms in total. The molecule has 3 aromatic carbocycles. The maximum absolute atomic E-state index is 11.5. The standard InChI is InChI=1S/C23H18N2O2/c26-15-21-20-12-11-19(24-17-7-3-1-4-8-17)13-16(20)14-22(23(21)27)25-18-9-5-2-6-10-18/h1-14,23-25,27H. The van der Waals surface area contributed by atoms with Gasteiger partial charge in [0.1, 0.15) is 12.0 Å². The molecule has 1 aliphatic rings. The number of benzene rings is 3. The molecule has 0 bridgehead atoms. The quantitative estimate of drug-likeness (QED) is 0.605. The van der Waals surface area contributed by atoms with E-state index in [1.54, 1.807) is 0 Å². The van der Waals surface area contributed by atoms with Gasteiger partial charge in [0.2, 0.25) is 0 Å². The molecule has 1 aliphatic carbocycles. The normalized spacial score (nSPS) is 15.4. The van der Waals surface area contributed by atoms with Gasteiger partial charge in [-0.15, -0.1) is 0 Å². The Morgan fingerprint density at radius 2 is 1.41 bits per heavy atom. The molecule has 0 fully saturated rings. The maximum Gasteiger partial charge on any atom is 0.131 e. The molecule has 0 aromatic heterocycles. The number of hydrogen-bond acceptors (Lipinski definition) is 4. The van der Waals surface area contributed by atoms with Crippen LogP contribution in [0.5, 0.6) is 0 Å². The summed E-state index contributed by atoms with van der Waals surface area (Å²) in [4.78, 5) is 11.5. The number of hydrogen-bond donors (Lipinski definition) is 3. The molecule has 27 heavy (non-hydrogen) atoms. The third-order valence-electron chi connectivity index (χ3n) is 4.46. The Morgan fingerprint density at radius 3 is 2.04 bits per heavy atom. The van der Waals surface area contributed by atoms with E-state index in [1.807, 2.05) is 90.9 Å². The van der Waals surface area contributed by atoms with Crippen LogP contribution in [0.25, 0.3) is 11.6 Å². The Labute approximate surface area is 157 Å². The average molecular weight is 354 g/mol. The van der Waals surface area contributed by atoms with E-state index in [0.717, 1.165) is 22.6 Å². The van der Waals surface area contributed by atoms with Crippen molar-refractivity contribution < 1.29 is 9.90 Å². The molecule has 1 unspecified atom stereocenters. The predicted molar refractivity (Wildman–Crippen MR) is 109 cm³/mol. The molecule has 132 valence electrons. The fourth-order valence-corrected chi connectivity index (χ4v) is 3.15. The van der Waals surface area contributed by atoms with Gasteiger partial charge in [-0.05, 0) is 53.6 Å². The monoisotopic (exact) mass is 354 g/mol. The van der Waals surface area contributed by atoms with Crippen LogP contribution in [0.4, 0.5) is 17.1 Å². The van der Waals surface area contributed by atoms with Crippen molar-refractivity contribution in [2.45, 2.75) is 6.10 Å². The van der Waals surface area contributed by atoms with Gasteiger partial charge in [0.15, 0.2) is 0 Å². The molecule has 0 heterocycles. The number of carbonyl (C=O) groups excluding carboxylic acids is 1. The van der Waals surface area contributed by atoms with Crippen LogP contribution in [0, 0.1) is 0 Å². The van der Waals surface area contributed by atoms with Crippen LogP contribution in [0.2, 0.25) is 0 Å². The molecule has 4 rings (SSSR count). The maximum atomic E-state index is 11.5. The van der Waals surface area contributed by atoms with Crippen LogP contribution in [-0.4, -0.2) is 17.2 Å². The minimum absolute atomic E-state index is 0.234. The average Bonchev–Trinajstić information content (AvgIpc) is 2.70. The molecule has 0 spiro atoms. The zero-order valence-corrected chi connectivity index (χ0v) is 14.5. The number of anilines is 3. The third-order valence-corrected chi connectivity index (χ3v) is 4.46. The number of rotatable bonds is 4. The molecule has 4 heteroatoms. The zero-order valence-electron chi connectivity index (χ0n) is 14.5. The van der Waals surface area contributed by atoms with Gasteiger partial charge >= 0.3 is 0 Å². The van der Waals surface area contributed by atoms with E-state index < -0.39 is 6.10 Å². The summed E-state index contributed by atoms with van der Waals surface area (Å²) in [5.41, 5.74) is 5.03. The Hall–Kier alpha value is -3.59. The summed E-state index contributed by atoms with van der Waals surface area (Å²) in [6.07, 6.45) is 0.826. The van der Waals surface area contributed by atoms with E-state index in [1.165, 1.54) is 0 Å². The summed E-state index contributed by atoms with van der Waals surface area (Å²) in [6.45, 7) is 0. The molecule has 3 aromatic rings. The highest BCUT2D eigenvalue weighted by molar-refractivity contribution is 5.98. The fraction of sp³-hybridized carbons (Fsp3) is 0.0435. The van der Waals surface area contributed by atoms with E-state index in [9.17, 15) is 9.90 Å². The first kappa shape index (κ1) is 16.9. The van der Waals surface area contributed by atoms with Gasteiger partial charge in [-0.3, -0.25) is 0 Å². The Kier molecular flexibility index (Phi) is 4.58. The number of nitrogens with one attached hydrogen (secondary N) is 2. The Balaban J connectivity index is 1.71. The van der Waals surface area contributed by atoms with E-state index in [-0.39, 0.29) is 5.57 Å². The molecule has 0 radical (unpaired) electrons. The molecule has 1 atom stereocenters. The van der Waals surface area contributed by atoms with Crippen molar-refractivity contribution in [3.63, 3.8) is 0 Å². The summed E-state index contributed by atoms with van der Waals surface area (Å²) in [7, 11) is 0. The molecule has 0 amide bonds. The summed E-state index contributed by atoms with van der Waals surface area (Å²) in [5.74, 6) is 1.91. The lowest BCUT2D eigenvalue weighted by Gasteiger charge is -2.24. The third kappa shape index (κ3) is 3.53. The molecule has 0 aliphatic heterocycles. The second-order valence-corrected chi connectivity index (χ2v) is 6.30. The van der Waals surface area contributed by atoms with Gasteiger partial charge in [-0.1, -0.05) is 42.5 Å². The van der Waals surface area contributed by atoms with Crippen molar-refractivity contribution in [2.75, 3.05) is 10.6 Å². The van der Waals surface area contributed by atoms with Crippen molar-refractivity contribution in [3.8, 4) is 0 Å². The smallest absolute Gasteiger partial charge is 0.131 e. The van der Waals surface area contributed by atoms with E-state index >= 15 is 0 Å². The van der Waals surface area contributed by atoms with Gasteiger partial charge in [-0.25, -0.2) is 4.79 Å². The first-order chi connectivity index (χ1) is 13.2. The number of aliphatic hydroxyl groups excluding tert-OH is 1. The Bertz CT molecular complexity index is 1040. The second kappa shape index (κ2) is 7.34. The molecule has 0 saturated carbocycles. The highest BCUT2D eigenvalue weighted by atomic mass is 16.3. The van der Waals surface area contributed by atoms with Gasteiger partial charge < -0.3 is 15.7 Å². The van der Waals surface area contributed by atoms with E-state index in [0.29, 0.717) is 11.3 Å². The molecular weight excluding hydrogens is 336 g/mol.